The minimum Gasteiger partial charge on any atom is -0.435 e. The number of anilines is 1. The molecule has 1 saturated heterocycles. The van der Waals surface area contributed by atoms with E-state index in [4.69, 9.17) is 10.8 Å². The van der Waals surface area contributed by atoms with Gasteiger partial charge in [0.1, 0.15) is 23.6 Å². The Morgan fingerprint density at radius 1 is 1.12 bits per heavy atom. The third-order valence-corrected chi connectivity index (χ3v) is 5.85. The Bertz CT molecular complexity index is 1290. The van der Waals surface area contributed by atoms with E-state index in [1.807, 2.05) is 18.2 Å². The second-order valence-electron chi connectivity index (χ2n) is 8.04. The lowest BCUT2D eigenvalue weighted by Crippen LogP contribution is -2.45. The van der Waals surface area contributed by atoms with Gasteiger partial charge in [0, 0.05) is 5.56 Å². The van der Waals surface area contributed by atoms with Crippen molar-refractivity contribution < 1.29 is 18.6 Å². The summed E-state index contributed by atoms with van der Waals surface area (Å²) in [6.07, 6.45) is 2.61. The second kappa shape index (κ2) is 7.95. The van der Waals surface area contributed by atoms with E-state index in [-0.39, 0.29) is 5.75 Å². The average Bonchev–Trinajstić information content (AvgIpc) is 3.12. The largest absolute Gasteiger partial charge is 0.435 e. The monoisotopic (exact) mass is 440 g/mol. The van der Waals surface area contributed by atoms with Crippen LogP contribution in [0.25, 0.3) is 33.1 Å². The minimum atomic E-state index is -2.88. The second-order valence-corrected chi connectivity index (χ2v) is 8.04. The SMILES string of the molecule is Nc1ncnc2c1c(-c1ccc3cc(OC(F)F)ccc3c1)nn2CC1(O)CCNCC1. The van der Waals surface area contributed by atoms with Crippen molar-refractivity contribution in [3.05, 3.63) is 42.7 Å². The molecular formula is C22H22F2N6O2. The predicted octanol–water partition coefficient (Wildman–Crippen LogP) is 2.94. The Morgan fingerprint density at radius 3 is 2.66 bits per heavy atom. The first-order chi connectivity index (χ1) is 15.4. The van der Waals surface area contributed by atoms with Gasteiger partial charge in [-0.2, -0.15) is 13.9 Å². The summed E-state index contributed by atoms with van der Waals surface area (Å²) in [6.45, 7) is -1.10. The van der Waals surface area contributed by atoms with Crippen LogP contribution < -0.4 is 15.8 Å². The Morgan fingerprint density at radius 2 is 1.88 bits per heavy atom. The van der Waals surface area contributed by atoms with Crippen LogP contribution >= 0.6 is 0 Å². The lowest BCUT2D eigenvalue weighted by Gasteiger charge is -2.32. The summed E-state index contributed by atoms with van der Waals surface area (Å²) in [4.78, 5) is 8.51. The van der Waals surface area contributed by atoms with Crippen molar-refractivity contribution in [2.75, 3.05) is 18.8 Å². The zero-order valence-corrected chi connectivity index (χ0v) is 17.1. The van der Waals surface area contributed by atoms with Crippen LogP contribution in [-0.4, -0.2) is 50.2 Å². The van der Waals surface area contributed by atoms with Crippen molar-refractivity contribution in [3.8, 4) is 17.0 Å². The molecule has 166 valence electrons. The Kier molecular flexibility index (Phi) is 5.10. The summed E-state index contributed by atoms with van der Waals surface area (Å²) in [6, 6.07) is 10.3. The number of piperidine rings is 1. The number of halogens is 2. The maximum absolute atomic E-state index is 12.5. The van der Waals surface area contributed by atoms with Gasteiger partial charge in [0.15, 0.2) is 5.65 Å². The number of nitrogens with zero attached hydrogens (tertiary/aromatic N) is 4. The maximum Gasteiger partial charge on any atom is 0.387 e. The number of benzene rings is 2. The van der Waals surface area contributed by atoms with Crippen molar-refractivity contribution in [3.63, 3.8) is 0 Å². The van der Waals surface area contributed by atoms with Gasteiger partial charge in [0.2, 0.25) is 0 Å². The highest BCUT2D eigenvalue weighted by atomic mass is 19.3. The standard InChI is InChI=1S/C22H22F2N6O2/c23-21(24)32-16-4-3-13-9-15(2-1-14(13)10-16)18-17-19(25)27-12-28-20(17)30(29-18)11-22(31)5-7-26-8-6-22/h1-4,9-10,12,21,26,31H,5-8,11H2,(H2,25,27,28). The van der Waals surface area contributed by atoms with Crippen molar-refractivity contribution >= 4 is 27.6 Å². The van der Waals surface area contributed by atoms with E-state index in [9.17, 15) is 13.9 Å². The molecule has 2 aromatic carbocycles. The van der Waals surface area contributed by atoms with Gasteiger partial charge in [-0.25, -0.2) is 14.6 Å². The molecule has 1 fully saturated rings. The summed E-state index contributed by atoms with van der Waals surface area (Å²) in [5.74, 6) is 0.400. The number of alkyl halides is 2. The molecule has 0 saturated carbocycles. The Labute approximate surface area is 182 Å². The van der Waals surface area contributed by atoms with Crippen LogP contribution in [0.15, 0.2) is 42.7 Å². The molecule has 0 atom stereocenters. The summed E-state index contributed by atoms with van der Waals surface area (Å²) in [5, 5.41) is 21.2. The molecule has 5 rings (SSSR count). The summed E-state index contributed by atoms with van der Waals surface area (Å²) in [5.41, 5.74) is 7.24. The van der Waals surface area contributed by atoms with Crippen LogP contribution in [-0.2, 0) is 6.54 Å². The van der Waals surface area contributed by atoms with E-state index in [1.54, 1.807) is 16.8 Å². The molecule has 0 bridgehead atoms. The number of nitrogens with two attached hydrogens (primary N) is 1. The number of rotatable bonds is 5. The van der Waals surface area contributed by atoms with Gasteiger partial charge >= 0.3 is 6.61 Å². The third-order valence-electron chi connectivity index (χ3n) is 5.85. The number of hydrogen-bond donors (Lipinski definition) is 3. The lowest BCUT2D eigenvalue weighted by atomic mass is 9.92. The van der Waals surface area contributed by atoms with Crippen LogP contribution in [0, 0.1) is 0 Å². The fourth-order valence-electron chi connectivity index (χ4n) is 4.22. The molecule has 8 nitrogen and oxygen atoms in total. The van der Waals surface area contributed by atoms with E-state index in [1.165, 1.54) is 12.4 Å². The van der Waals surface area contributed by atoms with Gasteiger partial charge in [-0.3, -0.25) is 0 Å². The molecule has 1 aliphatic heterocycles. The van der Waals surface area contributed by atoms with Gasteiger partial charge in [-0.15, -0.1) is 0 Å². The minimum absolute atomic E-state index is 0.0998. The fraction of sp³-hybridized carbons (Fsp3) is 0.318. The molecule has 0 spiro atoms. The van der Waals surface area contributed by atoms with Crippen molar-refractivity contribution in [2.45, 2.75) is 31.6 Å². The van der Waals surface area contributed by atoms with Crippen LogP contribution in [0.2, 0.25) is 0 Å². The molecule has 0 amide bonds. The molecule has 1 aliphatic rings. The molecule has 0 radical (unpaired) electrons. The molecule has 32 heavy (non-hydrogen) atoms. The molecule has 4 aromatic rings. The number of aromatic nitrogens is 4. The topological polar surface area (TPSA) is 111 Å². The van der Waals surface area contributed by atoms with Gasteiger partial charge in [0.25, 0.3) is 0 Å². The quantitative estimate of drug-likeness (QED) is 0.438. The number of nitrogen functional groups attached to an aromatic ring is 1. The lowest BCUT2D eigenvalue weighted by molar-refractivity contribution is -0.0497. The number of ether oxygens (including phenoxy) is 1. The van der Waals surface area contributed by atoms with E-state index in [2.05, 4.69) is 20.0 Å². The highest BCUT2D eigenvalue weighted by Gasteiger charge is 2.31. The van der Waals surface area contributed by atoms with Gasteiger partial charge < -0.3 is 20.9 Å². The van der Waals surface area contributed by atoms with Gasteiger partial charge in [-0.05, 0) is 54.9 Å². The van der Waals surface area contributed by atoms with Crippen LogP contribution in [0.1, 0.15) is 12.8 Å². The normalized spacial score (nSPS) is 16.1. The van der Waals surface area contributed by atoms with Crippen molar-refractivity contribution in [1.82, 2.24) is 25.1 Å². The fourth-order valence-corrected chi connectivity index (χ4v) is 4.22. The molecule has 3 heterocycles. The number of aliphatic hydroxyl groups is 1. The Balaban J connectivity index is 1.58. The summed E-state index contributed by atoms with van der Waals surface area (Å²) < 4.78 is 31.2. The zero-order valence-electron chi connectivity index (χ0n) is 17.1. The maximum atomic E-state index is 12.5. The van der Waals surface area contributed by atoms with Crippen LogP contribution in [0.3, 0.4) is 0 Å². The Hall–Kier alpha value is -3.37. The first-order valence-electron chi connectivity index (χ1n) is 10.3. The van der Waals surface area contributed by atoms with E-state index < -0.39 is 12.2 Å². The summed E-state index contributed by atoms with van der Waals surface area (Å²) >= 11 is 0. The molecule has 4 N–H and O–H groups in total. The van der Waals surface area contributed by atoms with Crippen molar-refractivity contribution in [1.29, 1.82) is 0 Å². The molecule has 0 aliphatic carbocycles. The number of nitrogens with one attached hydrogen (secondary N) is 1. The zero-order chi connectivity index (χ0) is 22.3. The molecule has 0 unspecified atom stereocenters. The van der Waals surface area contributed by atoms with E-state index in [0.29, 0.717) is 41.9 Å². The van der Waals surface area contributed by atoms with Crippen LogP contribution in [0.4, 0.5) is 14.6 Å². The number of hydrogen-bond acceptors (Lipinski definition) is 7. The van der Waals surface area contributed by atoms with Crippen LogP contribution in [0.5, 0.6) is 5.75 Å². The van der Waals surface area contributed by atoms with E-state index >= 15 is 0 Å². The molecule has 10 heteroatoms. The first-order valence-corrected chi connectivity index (χ1v) is 10.3. The molecule has 2 aromatic heterocycles. The van der Waals surface area contributed by atoms with Crippen molar-refractivity contribution in [2.24, 2.45) is 0 Å². The number of fused-ring (bicyclic) bond motifs is 2. The summed E-state index contributed by atoms with van der Waals surface area (Å²) in [7, 11) is 0. The first kappa shape index (κ1) is 20.5. The predicted molar refractivity (Wildman–Crippen MR) is 116 cm³/mol. The highest BCUT2D eigenvalue weighted by Crippen LogP contribution is 2.34. The average molecular weight is 440 g/mol. The van der Waals surface area contributed by atoms with Gasteiger partial charge in [-0.1, -0.05) is 18.2 Å². The molecular weight excluding hydrogens is 418 g/mol. The van der Waals surface area contributed by atoms with Gasteiger partial charge in [0.05, 0.1) is 17.5 Å². The third kappa shape index (κ3) is 3.82. The highest BCUT2D eigenvalue weighted by molar-refractivity contribution is 6.00. The smallest absolute Gasteiger partial charge is 0.387 e. The van der Waals surface area contributed by atoms with E-state index in [0.717, 1.165) is 29.4 Å².